The molecule has 3 N–H and O–H groups in total. The first-order valence-electron chi connectivity index (χ1n) is 5.70. The number of nitrogens with one attached hydrogen (secondary N) is 1. The minimum Gasteiger partial charge on any atom is -0.494 e. The lowest BCUT2D eigenvalue weighted by Gasteiger charge is -2.08. The van der Waals surface area contributed by atoms with Gasteiger partial charge in [-0.2, -0.15) is 0 Å². The van der Waals surface area contributed by atoms with Crippen LogP contribution in [-0.2, 0) is 0 Å². The highest BCUT2D eigenvalue weighted by atomic mass is 19.1. The van der Waals surface area contributed by atoms with Gasteiger partial charge in [-0.1, -0.05) is 0 Å². The second-order valence-corrected chi connectivity index (χ2v) is 4.08. The molecule has 6 heteroatoms. The predicted molar refractivity (Wildman–Crippen MR) is 71.7 cm³/mol. The molecule has 0 aliphatic rings. The number of rotatable bonds is 3. The van der Waals surface area contributed by atoms with Crippen LogP contribution in [0.4, 0.5) is 20.2 Å². The molecule has 0 heterocycles. The quantitative estimate of drug-likeness (QED) is 0.848. The van der Waals surface area contributed by atoms with E-state index in [4.69, 9.17) is 10.5 Å². The molecule has 2 rings (SSSR count). The highest BCUT2D eigenvalue weighted by Gasteiger charge is 2.11. The van der Waals surface area contributed by atoms with Crippen LogP contribution < -0.4 is 15.8 Å². The third-order valence-corrected chi connectivity index (χ3v) is 2.59. The molecule has 0 aliphatic carbocycles. The summed E-state index contributed by atoms with van der Waals surface area (Å²) in [4.78, 5) is 11.9. The Kier molecular flexibility index (Phi) is 3.84. The van der Waals surface area contributed by atoms with E-state index in [1.54, 1.807) is 0 Å². The standard InChI is InChI=1S/C14H12F2N2O2/c1-20-13-3-2-8(4-12(13)16)14(19)18-11-6-9(15)5-10(17)7-11/h2-7H,17H2,1H3,(H,18,19). The maximum absolute atomic E-state index is 13.5. The largest absolute Gasteiger partial charge is 0.494 e. The topological polar surface area (TPSA) is 64.3 Å². The van der Waals surface area contributed by atoms with Crippen molar-refractivity contribution in [2.75, 3.05) is 18.2 Å². The first-order valence-corrected chi connectivity index (χ1v) is 5.70. The third kappa shape index (κ3) is 3.03. The Labute approximate surface area is 114 Å². The zero-order valence-corrected chi connectivity index (χ0v) is 10.6. The summed E-state index contributed by atoms with van der Waals surface area (Å²) >= 11 is 0. The van der Waals surface area contributed by atoms with Crippen molar-refractivity contribution in [2.24, 2.45) is 0 Å². The summed E-state index contributed by atoms with van der Waals surface area (Å²) in [6, 6.07) is 7.43. The molecule has 0 atom stereocenters. The number of nitrogens with two attached hydrogens (primary N) is 1. The van der Waals surface area contributed by atoms with Crippen LogP contribution in [0.3, 0.4) is 0 Å². The van der Waals surface area contributed by atoms with Gasteiger partial charge in [0, 0.05) is 16.9 Å². The van der Waals surface area contributed by atoms with Crippen molar-refractivity contribution in [3.05, 3.63) is 53.6 Å². The van der Waals surface area contributed by atoms with Gasteiger partial charge in [0.05, 0.1) is 7.11 Å². The molecule has 0 saturated carbocycles. The number of halogens is 2. The summed E-state index contributed by atoms with van der Waals surface area (Å²) in [7, 11) is 1.33. The lowest BCUT2D eigenvalue weighted by molar-refractivity contribution is 0.102. The van der Waals surface area contributed by atoms with Gasteiger partial charge in [-0.15, -0.1) is 0 Å². The zero-order chi connectivity index (χ0) is 14.7. The summed E-state index contributed by atoms with van der Waals surface area (Å²) in [6.45, 7) is 0. The van der Waals surface area contributed by atoms with Crippen LogP contribution in [0, 0.1) is 11.6 Å². The van der Waals surface area contributed by atoms with Gasteiger partial charge in [0.2, 0.25) is 0 Å². The molecule has 20 heavy (non-hydrogen) atoms. The van der Waals surface area contributed by atoms with Crippen LogP contribution in [0.2, 0.25) is 0 Å². The fourth-order valence-corrected chi connectivity index (χ4v) is 1.70. The first kappa shape index (κ1) is 13.8. The number of methoxy groups -OCH3 is 1. The molecular formula is C14H12F2N2O2. The maximum Gasteiger partial charge on any atom is 0.255 e. The zero-order valence-electron chi connectivity index (χ0n) is 10.6. The fourth-order valence-electron chi connectivity index (χ4n) is 1.70. The number of amides is 1. The lowest BCUT2D eigenvalue weighted by Crippen LogP contribution is -2.12. The van der Waals surface area contributed by atoms with Crippen LogP contribution in [0.15, 0.2) is 36.4 Å². The fraction of sp³-hybridized carbons (Fsp3) is 0.0714. The number of carbonyl (C=O) groups is 1. The molecule has 1 amide bonds. The minimum absolute atomic E-state index is 0.0385. The Morgan fingerprint density at radius 1 is 1.20 bits per heavy atom. The van der Waals surface area contributed by atoms with Crippen molar-refractivity contribution in [2.45, 2.75) is 0 Å². The summed E-state index contributed by atoms with van der Waals surface area (Å²) in [5.41, 5.74) is 5.94. The molecule has 0 fully saturated rings. The minimum atomic E-state index is -0.654. The van der Waals surface area contributed by atoms with Crippen molar-refractivity contribution >= 4 is 17.3 Å². The maximum atomic E-state index is 13.5. The predicted octanol–water partition coefficient (Wildman–Crippen LogP) is 2.81. The van der Waals surface area contributed by atoms with Crippen LogP contribution in [0.1, 0.15) is 10.4 Å². The summed E-state index contributed by atoms with van der Waals surface area (Å²) in [5.74, 6) is -1.76. The van der Waals surface area contributed by atoms with Crippen LogP contribution in [0.5, 0.6) is 5.75 Å². The Hall–Kier alpha value is -2.63. The number of benzene rings is 2. The number of carbonyl (C=O) groups excluding carboxylic acids is 1. The number of anilines is 2. The monoisotopic (exact) mass is 278 g/mol. The van der Waals surface area contributed by atoms with E-state index in [1.807, 2.05) is 0 Å². The van der Waals surface area contributed by atoms with Gasteiger partial charge in [0.1, 0.15) is 5.82 Å². The molecule has 2 aromatic rings. The summed E-state index contributed by atoms with van der Waals surface area (Å²) in [6.07, 6.45) is 0. The molecular weight excluding hydrogens is 266 g/mol. The Balaban J connectivity index is 2.21. The van der Waals surface area contributed by atoms with E-state index in [9.17, 15) is 13.6 Å². The van der Waals surface area contributed by atoms with Crippen molar-refractivity contribution in [1.29, 1.82) is 0 Å². The number of nitrogen functional groups attached to an aromatic ring is 1. The summed E-state index contributed by atoms with van der Waals surface area (Å²) < 4.78 is 31.4. The van der Waals surface area contributed by atoms with Gasteiger partial charge in [0.25, 0.3) is 5.91 Å². The molecule has 0 aliphatic heterocycles. The SMILES string of the molecule is COc1ccc(C(=O)Nc2cc(N)cc(F)c2)cc1F. The highest BCUT2D eigenvalue weighted by Crippen LogP contribution is 2.20. The van der Waals surface area contributed by atoms with Gasteiger partial charge in [-0.3, -0.25) is 4.79 Å². The Bertz CT molecular complexity index is 639. The van der Waals surface area contributed by atoms with E-state index < -0.39 is 17.5 Å². The van der Waals surface area contributed by atoms with Gasteiger partial charge >= 0.3 is 0 Å². The first-order chi connectivity index (χ1) is 9.49. The average Bonchev–Trinajstić information content (AvgIpc) is 2.37. The van der Waals surface area contributed by atoms with E-state index >= 15 is 0 Å². The normalized spacial score (nSPS) is 10.2. The van der Waals surface area contributed by atoms with Gasteiger partial charge in [-0.05, 0) is 36.4 Å². The molecule has 4 nitrogen and oxygen atoms in total. The smallest absolute Gasteiger partial charge is 0.255 e. The average molecular weight is 278 g/mol. The van der Waals surface area contributed by atoms with Gasteiger partial charge in [-0.25, -0.2) is 8.78 Å². The van der Waals surface area contributed by atoms with Crippen LogP contribution in [-0.4, -0.2) is 13.0 Å². The lowest BCUT2D eigenvalue weighted by atomic mass is 10.2. The van der Waals surface area contributed by atoms with Crippen LogP contribution >= 0.6 is 0 Å². The number of hydrogen-bond acceptors (Lipinski definition) is 3. The number of hydrogen-bond donors (Lipinski definition) is 2. The van der Waals surface area contributed by atoms with E-state index in [-0.39, 0.29) is 22.7 Å². The van der Waals surface area contributed by atoms with Crippen molar-refractivity contribution in [1.82, 2.24) is 0 Å². The van der Waals surface area contributed by atoms with E-state index in [0.29, 0.717) is 0 Å². The molecule has 104 valence electrons. The second-order valence-electron chi connectivity index (χ2n) is 4.08. The third-order valence-electron chi connectivity index (χ3n) is 2.59. The molecule has 0 saturated heterocycles. The molecule has 0 bridgehead atoms. The molecule has 0 spiro atoms. The van der Waals surface area contributed by atoms with Crippen molar-refractivity contribution in [3.8, 4) is 5.75 Å². The summed E-state index contributed by atoms with van der Waals surface area (Å²) in [5, 5.41) is 2.44. The van der Waals surface area contributed by atoms with Gasteiger partial charge in [0.15, 0.2) is 11.6 Å². The van der Waals surface area contributed by atoms with Crippen molar-refractivity contribution < 1.29 is 18.3 Å². The number of ether oxygens (including phenoxy) is 1. The molecule has 0 radical (unpaired) electrons. The molecule has 0 unspecified atom stereocenters. The molecule has 2 aromatic carbocycles. The molecule has 0 aromatic heterocycles. The highest BCUT2D eigenvalue weighted by molar-refractivity contribution is 6.04. The van der Waals surface area contributed by atoms with E-state index in [0.717, 1.165) is 18.2 Å². The van der Waals surface area contributed by atoms with Crippen LogP contribution in [0.25, 0.3) is 0 Å². The van der Waals surface area contributed by atoms with E-state index in [2.05, 4.69) is 5.32 Å². The Morgan fingerprint density at radius 2 is 1.95 bits per heavy atom. The Morgan fingerprint density at radius 3 is 2.55 bits per heavy atom. The second kappa shape index (κ2) is 5.56. The van der Waals surface area contributed by atoms with Crippen molar-refractivity contribution in [3.63, 3.8) is 0 Å². The van der Waals surface area contributed by atoms with Gasteiger partial charge < -0.3 is 15.8 Å². The van der Waals surface area contributed by atoms with E-state index in [1.165, 1.54) is 25.3 Å².